The van der Waals surface area contributed by atoms with Crippen LogP contribution in [0.25, 0.3) is 0 Å². The summed E-state index contributed by atoms with van der Waals surface area (Å²) in [6, 6.07) is 22.2. The summed E-state index contributed by atoms with van der Waals surface area (Å²) in [5.41, 5.74) is 1.23. The molecule has 3 aromatic rings. The van der Waals surface area contributed by atoms with Gasteiger partial charge in [-0.3, -0.25) is 9.59 Å². The fourth-order valence-electron chi connectivity index (χ4n) is 6.89. The third-order valence-electron chi connectivity index (χ3n) is 9.56. The van der Waals surface area contributed by atoms with Gasteiger partial charge in [0, 0.05) is 37.6 Å². The molecule has 2 N–H and O–H groups in total. The van der Waals surface area contributed by atoms with E-state index >= 15 is 0 Å². The van der Waals surface area contributed by atoms with Crippen molar-refractivity contribution in [3.63, 3.8) is 0 Å². The van der Waals surface area contributed by atoms with Gasteiger partial charge in [0.25, 0.3) is 0 Å². The number of benzene rings is 3. The smallest absolute Gasteiger partial charge is 0.378 e. The summed E-state index contributed by atoms with van der Waals surface area (Å²) in [4.78, 5) is 34.4. The maximum Gasteiger partial charge on any atom is 0.416 e. The van der Waals surface area contributed by atoms with Crippen molar-refractivity contribution in [3.05, 3.63) is 95.6 Å². The summed E-state index contributed by atoms with van der Waals surface area (Å²) >= 11 is 5.63. The van der Waals surface area contributed by atoms with E-state index < -0.39 is 17.3 Å². The first-order valence-corrected chi connectivity index (χ1v) is 16.8. The number of hydrogen-bond acceptors (Lipinski definition) is 5. The van der Waals surface area contributed by atoms with E-state index in [1.54, 1.807) is 9.80 Å². The molecule has 254 valence electrons. The molecule has 12 heteroatoms. The van der Waals surface area contributed by atoms with Gasteiger partial charge in [0.05, 0.1) is 31.4 Å². The Bertz CT molecular complexity index is 1580. The highest BCUT2D eigenvalue weighted by Crippen LogP contribution is 2.37. The Morgan fingerprint density at radius 2 is 1.60 bits per heavy atom. The third kappa shape index (κ3) is 7.60. The second-order valence-electron chi connectivity index (χ2n) is 12.7. The summed E-state index contributed by atoms with van der Waals surface area (Å²) in [6.45, 7) is 3.28. The Morgan fingerprint density at radius 1 is 0.938 bits per heavy atom. The molecular weight excluding hydrogens is 639 g/mol. The number of nitrogens with zero attached hydrogens (tertiary/aromatic N) is 3. The van der Waals surface area contributed by atoms with Gasteiger partial charge >= 0.3 is 6.18 Å². The molecule has 3 aliphatic rings. The molecule has 8 nitrogen and oxygen atoms in total. The van der Waals surface area contributed by atoms with Gasteiger partial charge in [-0.25, -0.2) is 0 Å². The number of anilines is 2. The average Bonchev–Trinajstić information content (AvgIpc) is 3.47. The lowest BCUT2D eigenvalue weighted by Crippen LogP contribution is -2.61. The first-order chi connectivity index (χ1) is 23.1. The van der Waals surface area contributed by atoms with E-state index in [1.165, 1.54) is 12.1 Å². The predicted octanol–water partition coefficient (Wildman–Crippen LogP) is 6.14. The van der Waals surface area contributed by atoms with E-state index in [9.17, 15) is 22.8 Å². The number of carbonyl (C=O) groups excluding carboxylic acids is 2. The van der Waals surface area contributed by atoms with Crippen molar-refractivity contribution < 1.29 is 27.5 Å². The van der Waals surface area contributed by atoms with Gasteiger partial charge < -0.3 is 30.1 Å². The van der Waals surface area contributed by atoms with Crippen molar-refractivity contribution in [2.75, 3.05) is 49.6 Å². The van der Waals surface area contributed by atoms with Crippen LogP contribution in [-0.4, -0.2) is 71.7 Å². The highest BCUT2D eigenvalue weighted by atomic mass is 32.1. The van der Waals surface area contributed by atoms with Crippen LogP contribution in [0.15, 0.2) is 78.9 Å². The first-order valence-electron chi connectivity index (χ1n) is 16.4. The van der Waals surface area contributed by atoms with Crippen LogP contribution >= 0.6 is 12.2 Å². The molecule has 2 aliphatic heterocycles. The minimum Gasteiger partial charge on any atom is -0.378 e. The molecule has 0 aromatic heterocycles. The molecule has 0 radical (unpaired) electrons. The van der Waals surface area contributed by atoms with Gasteiger partial charge in [-0.15, -0.1) is 0 Å². The number of ether oxygens (including phenoxy) is 1. The number of morpholine rings is 1. The fraction of sp³-hybridized carbons (Fsp3) is 0.417. The van der Waals surface area contributed by atoms with Crippen molar-refractivity contribution in [2.45, 2.75) is 56.4 Å². The number of hydrogen-bond donors (Lipinski definition) is 2. The van der Waals surface area contributed by atoms with E-state index in [4.69, 9.17) is 17.0 Å². The van der Waals surface area contributed by atoms with Gasteiger partial charge in [0.2, 0.25) is 11.8 Å². The summed E-state index contributed by atoms with van der Waals surface area (Å²) < 4.78 is 45.6. The quantitative estimate of drug-likeness (QED) is 0.263. The molecule has 48 heavy (non-hydrogen) atoms. The zero-order valence-corrected chi connectivity index (χ0v) is 27.5. The number of alkyl halides is 3. The number of carbonyl (C=O) groups is 2. The first kappa shape index (κ1) is 33.7. The molecule has 2 saturated heterocycles. The van der Waals surface area contributed by atoms with Crippen molar-refractivity contribution in [1.29, 1.82) is 0 Å². The van der Waals surface area contributed by atoms with Gasteiger partial charge in [-0.1, -0.05) is 61.7 Å². The van der Waals surface area contributed by atoms with Crippen molar-refractivity contribution >= 4 is 40.5 Å². The lowest BCUT2D eigenvalue weighted by atomic mass is 9.78. The van der Waals surface area contributed by atoms with E-state index in [-0.39, 0.29) is 30.9 Å². The van der Waals surface area contributed by atoms with Crippen LogP contribution in [0.4, 0.5) is 24.5 Å². The maximum atomic E-state index is 14.4. The van der Waals surface area contributed by atoms with Crippen LogP contribution in [0, 0.1) is 0 Å². The lowest BCUT2D eigenvalue weighted by Gasteiger charge is -2.45. The minimum atomic E-state index is -4.48. The summed E-state index contributed by atoms with van der Waals surface area (Å²) in [7, 11) is 0. The summed E-state index contributed by atoms with van der Waals surface area (Å²) in [6.07, 6.45) is -1.22. The zero-order chi connectivity index (χ0) is 33.7. The maximum absolute atomic E-state index is 14.4. The number of rotatable bonds is 9. The molecule has 2 amide bonds. The Balaban J connectivity index is 1.27. The SMILES string of the molecule is O=C(CN1C[C@H](c2ccccc2)NC1=S)N(Cc1ccc(C(F)(F)F)cc1)C1(C(=O)Nc2ccc(N3CCOCC3)cc2)CCCCC1. The summed E-state index contributed by atoms with van der Waals surface area (Å²) in [5, 5.41) is 6.82. The molecule has 0 spiro atoms. The third-order valence-corrected chi connectivity index (χ3v) is 9.94. The molecule has 1 saturated carbocycles. The van der Waals surface area contributed by atoms with Crippen molar-refractivity contribution in [3.8, 4) is 0 Å². The largest absolute Gasteiger partial charge is 0.416 e. The standard InChI is InChI=1S/C36H40F3N5O3S/c37-36(38,39)28-11-9-26(10-12-28)23-44(32(45)25-43-24-31(41-34(43)48)27-7-3-1-4-8-27)35(17-5-2-6-18-35)33(46)40-29-13-15-30(16-14-29)42-19-21-47-22-20-42/h1,3-4,7-16,31H,2,5-6,17-25H2,(H,40,46)(H,41,48)/t31-/m1/s1. The molecule has 3 fully saturated rings. The predicted molar refractivity (Wildman–Crippen MR) is 182 cm³/mol. The van der Waals surface area contributed by atoms with Crippen LogP contribution in [0.2, 0.25) is 0 Å². The number of amides is 2. The number of thiocarbonyl (C=S) groups is 1. The van der Waals surface area contributed by atoms with Crippen LogP contribution in [0.1, 0.15) is 54.8 Å². The van der Waals surface area contributed by atoms with Crippen LogP contribution in [-0.2, 0) is 27.0 Å². The van der Waals surface area contributed by atoms with Crippen LogP contribution < -0.4 is 15.5 Å². The van der Waals surface area contributed by atoms with Crippen molar-refractivity contribution in [1.82, 2.24) is 15.1 Å². The van der Waals surface area contributed by atoms with Gasteiger partial charge in [-0.2, -0.15) is 13.2 Å². The van der Waals surface area contributed by atoms with E-state index in [2.05, 4.69) is 15.5 Å². The topological polar surface area (TPSA) is 77.2 Å². The highest BCUT2D eigenvalue weighted by molar-refractivity contribution is 7.80. The monoisotopic (exact) mass is 679 g/mol. The Morgan fingerprint density at radius 3 is 2.25 bits per heavy atom. The zero-order valence-electron chi connectivity index (χ0n) is 26.7. The lowest BCUT2D eigenvalue weighted by molar-refractivity contribution is -0.149. The molecule has 6 rings (SSSR count). The van der Waals surface area contributed by atoms with Crippen molar-refractivity contribution in [2.24, 2.45) is 0 Å². The Kier molecular flexibility index (Phi) is 10.2. The fourth-order valence-corrected chi connectivity index (χ4v) is 7.17. The van der Waals surface area contributed by atoms with Gasteiger partial charge in [-0.05, 0) is 72.6 Å². The Hall–Kier alpha value is -4.16. The normalized spacial score (nSPS) is 19.5. The van der Waals surface area contributed by atoms with Gasteiger partial charge in [0.15, 0.2) is 5.11 Å². The minimum absolute atomic E-state index is 0.0174. The highest BCUT2D eigenvalue weighted by Gasteiger charge is 2.47. The Labute approximate surface area is 284 Å². The second-order valence-corrected chi connectivity index (χ2v) is 13.0. The van der Waals surface area contributed by atoms with E-state index in [0.29, 0.717) is 49.0 Å². The van der Waals surface area contributed by atoms with Crippen LogP contribution in [0.3, 0.4) is 0 Å². The molecular formula is C36H40F3N5O3S. The molecule has 0 bridgehead atoms. The van der Waals surface area contributed by atoms with Gasteiger partial charge in [0.1, 0.15) is 5.54 Å². The number of nitrogens with one attached hydrogen (secondary N) is 2. The molecule has 0 unspecified atom stereocenters. The molecule has 1 atom stereocenters. The molecule has 1 aliphatic carbocycles. The van der Waals surface area contributed by atoms with E-state index in [1.807, 2.05) is 54.6 Å². The van der Waals surface area contributed by atoms with Crippen LogP contribution in [0.5, 0.6) is 0 Å². The molecule has 2 heterocycles. The number of halogens is 3. The molecule has 3 aromatic carbocycles. The van der Waals surface area contributed by atoms with E-state index in [0.717, 1.165) is 55.7 Å². The second kappa shape index (κ2) is 14.5. The average molecular weight is 680 g/mol. The summed E-state index contributed by atoms with van der Waals surface area (Å²) in [5.74, 6) is -0.613.